The SMILES string of the molecule is CC(Oc1cccc(Cl)c1)C(=O)N/N=C1/CCOc2ccccc21. The van der Waals surface area contributed by atoms with Crippen LogP contribution in [0.4, 0.5) is 0 Å². The molecule has 5 nitrogen and oxygen atoms in total. The molecule has 2 aromatic rings. The van der Waals surface area contributed by atoms with Gasteiger partial charge in [-0.25, -0.2) is 5.43 Å². The van der Waals surface area contributed by atoms with Crippen molar-refractivity contribution in [2.75, 3.05) is 6.61 Å². The molecular formula is C18H17ClN2O3. The molecule has 1 amide bonds. The van der Waals surface area contributed by atoms with Crippen molar-refractivity contribution in [3.8, 4) is 11.5 Å². The summed E-state index contributed by atoms with van der Waals surface area (Å²) < 4.78 is 11.1. The van der Waals surface area contributed by atoms with Gasteiger partial charge in [-0.15, -0.1) is 0 Å². The minimum atomic E-state index is -0.692. The molecule has 3 rings (SSSR count). The second-order valence-electron chi connectivity index (χ2n) is 5.35. The number of nitrogens with one attached hydrogen (secondary N) is 1. The number of amides is 1. The maximum absolute atomic E-state index is 12.2. The number of rotatable bonds is 4. The number of hydrogen-bond acceptors (Lipinski definition) is 4. The number of para-hydroxylation sites is 1. The van der Waals surface area contributed by atoms with Gasteiger partial charge >= 0.3 is 0 Å². The van der Waals surface area contributed by atoms with Crippen LogP contribution in [0.3, 0.4) is 0 Å². The first-order valence-corrected chi connectivity index (χ1v) is 8.02. The maximum Gasteiger partial charge on any atom is 0.280 e. The zero-order valence-electron chi connectivity index (χ0n) is 13.2. The fourth-order valence-corrected chi connectivity index (χ4v) is 2.53. The van der Waals surface area contributed by atoms with Gasteiger partial charge in [0.1, 0.15) is 11.5 Å². The number of hydrogen-bond donors (Lipinski definition) is 1. The van der Waals surface area contributed by atoms with Crippen molar-refractivity contribution in [2.45, 2.75) is 19.4 Å². The Hall–Kier alpha value is -2.53. The average Bonchev–Trinajstić information content (AvgIpc) is 2.59. The van der Waals surface area contributed by atoms with E-state index < -0.39 is 6.10 Å². The lowest BCUT2D eigenvalue weighted by molar-refractivity contribution is -0.127. The summed E-state index contributed by atoms with van der Waals surface area (Å²) in [6, 6.07) is 14.5. The topological polar surface area (TPSA) is 59.9 Å². The third-order valence-electron chi connectivity index (χ3n) is 3.57. The van der Waals surface area contributed by atoms with Crippen LogP contribution in [-0.2, 0) is 4.79 Å². The molecule has 0 fully saturated rings. The molecule has 1 aliphatic heterocycles. The van der Waals surface area contributed by atoms with Gasteiger partial charge in [0.15, 0.2) is 6.10 Å². The summed E-state index contributed by atoms with van der Waals surface area (Å²) >= 11 is 5.90. The first-order valence-electron chi connectivity index (χ1n) is 7.64. The van der Waals surface area contributed by atoms with Crippen LogP contribution in [0.1, 0.15) is 18.9 Å². The van der Waals surface area contributed by atoms with Crippen molar-refractivity contribution in [1.29, 1.82) is 0 Å². The Labute approximate surface area is 145 Å². The predicted molar refractivity (Wildman–Crippen MR) is 92.8 cm³/mol. The number of fused-ring (bicyclic) bond motifs is 1. The van der Waals surface area contributed by atoms with E-state index >= 15 is 0 Å². The Morgan fingerprint density at radius 2 is 2.12 bits per heavy atom. The van der Waals surface area contributed by atoms with Gasteiger partial charge in [0.25, 0.3) is 5.91 Å². The third kappa shape index (κ3) is 3.86. The summed E-state index contributed by atoms with van der Waals surface area (Å²) in [4.78, 5) is 12.2. The molecule has 0 saturated heterocycles. The Bertz CT molecular complexity index is 776. The van der Waals surface area contributed by atoms with E-state index in [1.807, 2.05) is 24.3 Å². The lowest BCUT2D eigenvalue weighted by Gasteiger charge is -2.19. The molecule has 1 unspecified atom stereocenters. The van der Waals surface area contributed by atoms with Gasteiger partial charge in [0, 0.05) is 17.0 Å². The van der Waals surface area contributed by atoms with Crippen LogP contribution in [0.15, 0.2) is 53.6 Å². The molecule has 0 spiro atoms. The van der Waals surface area contributed by atoms with Crippen LogP contribution in [0, 0.1) is 0 Å². The predicted octanol–water partition coefficient (Wildman–Crippen LogP) is 3.41. The van der Waals surface area contributed by atoms with Gasteiger partial charge in [0.05, 0.1) is 12.3 Å². The number of halogens is 1. The van der Waals surface area contributed by atoms with Crippen LogP contribution in [0.5, 0.6) is 11.5 Å². The van der Waals surface area contributed by atoms with Gasteiger partial charge in [-0.1, -0.05) is 29.8 Å². The normalized spacial score (nSPS) is 16.0. The number of ether oxygens (including phenoxy) is 2. The van der Waals surface area contributed by atoms with Crippen LogP contribution >= 0.6 is 11.6 Å². The molecule has 24 heavy (non-hydrogen) atoms. The van der Waals surface area contributed by atoms with Crippen molar-refractivity contribution in [1.82, 2.24) is 5.43 Å². The first-order chi connectivity index (χ1) is 11.6. The van der Waals surface area contributed by atoms with Gasteiger partial charge in [-0.3, -0.25) is 4.79 Å². The molecule has 124 valence electrons. The van der Waals surface area contributed by atoms with E-state index in [-0.39, 0.29) is 5.91 Å². The van der Waals surface area contributed by atoms with E-state index in [1.165, 1.54) is 0 Å². The van der Waals surface area contributed by atoms with Gasteiger partial charge < -0.3 is 9.47 Å². The van der Waals surface area contributed by atoms with Crippen molar-refractivity contribution in [3.05, 3.63) is 59.1 Å². The lowest BCUT2D eigenvalue weighted by Crippen LogP contribution is -2.34. The van der Waals surface area contributed by atoms with Crippen LogP contribution in [0.2, 0.25) is 5.02 Å². The molecule has 0 aromatic heterocycles. The molecule has 0 saturated carbocycles. The summed E-state index contributed by atoms with van der Waals surface area (Å²) in [5, 5.41) is 4.79. The standard InChI is InChI=1S/C18H17ClN2O3/c1-12(24-14-6-4-5-13(19)11-14)18(22)21-20-16-9-10-23-17-8-3-2-7-15(16)17/h2-8,11-12H,9-10H2,1H3,(H,21,22)/b20-16-. The number of benzene rings is 2. The van der Waals surface area contributed by atoms with Crippen LogP contribution in [0.25, 0.3) is 0 Å². The highest BCUT2D eigenvalue weighted by molar-refractivity contribution is 6.30. The van der Waals surface area contributed by atoms with E-state index in [4.69, 9.17) is 21.1 Å². The fraction of sp³-hybridized carbons (Fsp3) is 0.222. The maximum atomic E-state index is 12.2. The number of carbonyl (C=O) groups excluding carboxylic acids is 1. The second-order valence-corrected chi connectivity index (χ2v) is 5.78. The Kier molecular flexibility index (Phi) is 5.01. The summed E-state index contributed by atoms with van der Waals surface area (Å²) in [5.41, 5.74) is 4.25. The van der Waals surface area contributed by atoms with Gasteiger partial charge in [-0.05, 0) is 37.3 Å². The van der Waals surface area contributed by atoms with Crippen LogP contribution in [-0.4, -0.2) is 24.3 Å². The largest absolute Gasteiger partial charge is 0.492 e. The molecular weight excluding hydrogens is 328 g/mol. The summed E-state index contributed by atoms with van der Waals surface area (Å²) in [7, 11) is 0. The summed E-state index contributed by atoms with van der Waals surface area (Å²) in [6.07, 6.45) is -0.0521. The number of hydrazone groups is 1. The summed E-state index contributed by atoms with van der Waals surface area (Å²) in [5.74, 6) is 0.987. The Morgan fingerprint density at radius 1 is 1.29 bits per heavy atom. The minimum Gasteiger partial charge on any atom is -0.492 e. The van der Waals surface area contributed by atoms with Crippen molar-refractivity contribution in [3.63, 3.8) is 0 Å². The molecule has 0 bridgehead atoms. The Morgan fingerprint density at radius 3 is 2.96 bits per heavy atom. The fourth-order valence-electron chi connectivity index (χ4n) is 2.35. The first kappa shape index (κ1) is 16.3. The number of carbonyl (C=O) groups is 1. The van der Waals surface area contributed by atoms with E-state index in [0.717, 1.165) is 17.0 Å². The van der Waals surface area contributed by atoms with E-state index in [9.17, 15) is 4.79 Å². The van der Waals surface area contributed by atoms with E-state index in [1.54, 1.807) is 31.2 Å². The highest BCUT2D eigenvalue weighted by Crippen LogP contribution is 2.24. The summed E-state index contributed by atoms with van der Waals surface area (Å²) in [6.45, 7) is 2.20. The molecule has 1 heterocycles. The molecule has 1 N–H and O–H groups in total. The van der Waals surface area contributed by atoms with E-state index in [2.05, 4.69) is 10.5 Å². The molecule has 0 aliphatic carbocycles. The van der Waals surface area contributed by atoms with Crippen molar-refractivity contribution in [2.24, 2.45) is 5.10 Å². The zero-order chi connectivity index (χ0) is 16.9. The van der Waals surface area contributed by atoms with Gasteiger partial charge in [0.2, 0.25) is 0 Å². The average molecular weight is 345 g/mol. The minimum absolute atomic E-state index is 0.327. The van der Waals surface area contributed by atoms with E-state index in [0.29, 0.717) is 23.8 Å². The highest BCUT2D eigenvalue weighted by Gasteiger charge is 2.18. The van der Waals surface area contributed by atoms with Crippen molar-refractivity contribution < 1.29 is 14.3 Å². The Balaban J connectivity index is 1.65. The van der Waals surface area contributed by atoms with Crippen LogP contribution < -0.4 is 14.9 Å². The lowest BCUT2D eigenvalue weighted by atomic mass is 10.0. The molecule has 1 atom stereocenters. The quantitative estimate of drug-likeness (QED) is 0.865. The highest BCUT2D eigenvalue weighted by atomic mass is 35.5. The van der Waals surface area contributed by atoms with Gasteiger partial charge in [-0.2, -0.15) is 5.10 Å². The smallest absolute Gasteiger partial charge is 0.280 e. The third-order valence-corrected chi connectivity index (χ3v) is 3.81. The zero-order valence-corrected chi connectivity index (χ0v) is 13.9. The molecule has 6 heteroatoms. The monoisotopic (exact) mass is 344 g/mol. The molecule has 1 aliphatic rings. The molecule has 2 aromatic carbocycles. The second kappa shape index (κ2) is 7.36. The molecule has 0 radical (unpaired) electrons. The van der Waals surface area contributed by atoms with Crippen molar-refractivity contribution >= 4 is 23.2 Å². The number of nitrogens with zero attached hydrogens (tertiary/aromatic N) is 1.